The first-order valence-electron chi connectivity index (χ1n) is 9.26. The van der Waals surface area contributed by atoms with E-state index in [-0.39, 0.29) is 0 Å². The van der Waals surface area contributed by atoms with Gasteiger partial charge in [-0.2, -0.15) is 0 Å². The van der Waals surface area contributed by atoms with E-state index in [4.69, 9.17) is 21.4 Å². The molecule has 0 spiro atoms. The van der Waals surface area contributed by atoms with Crippen LogP contribution in [0.3, 0.4) is 0 Å². The Bertz CT molecular complexity index is 825. The Hall–Kier alpha value is -2.04. The molecule has 3 rings (SSSR count). The summed E-state index contributed by atoms with van der Waals surface area (Å²) in [6.07, 6.45) is 1.00. The second kappa shape index (κ2) is 9.06. The van der Waals surface area contributed by atoms with Crippen molar-refractivity contribution in [1.82, 2.24) is 14.7 Å². The van der Waals surface area contributed by atoms with Crippen molar-refractivity contribution >= 4 is 22.5 Å². The number of nitrogens with zero attached hydrogens (tertiary/aromatic N) is 3. The van der Waals surface area contributed by atoms with E-state index >= 15 is 0 Å². The second-order valence-corrected chi connectivity index (χ2v) is 6.77. The zero-order valence-corrected chi connectivity index (χ0v) is 16.2. The standard InChI is InChI=1S/C21H26ClN3O/c1-3-24(4-2)14-7-15-26-21-19-8-5-6-9-20(19)25(23-21)16-17-10-12-18(22)13-11-17/h5-6,8-13H,3-4,7,14-16H2,1-2H3. The minimum atomic E-state index is 0.679. The lowest BCUT2D eigenvalue weighted by molar-refractivity contribution is 0.244. The highest BCUT2D eigenvalue weighted by Crippen LogP contribution is 2.25. The molecule has 0 aliphatic heterocycles. The smallest absolute Gasteiger partial charge is 0.240 e. The van der Waals surface area contributed by atoms with Gasteiger partial charge in [-0.05, 0) is 49.3 Å². The third-order valence-corrected chi connectivity index (χ3v) is 4.87. The summed E-state index contributed by atoms with van der Waals surface area (Å²) in [4.78, 5) is 2.40. The number of rotatable bonds is 9. The fourth-order valence-corrected chi connectivity index (χ4v) is 3.21. The van der Waals surface area contributed by atoms with Gasteiger partial charge in [0, 0.05) is 11.6 Å². The summed E-state index contributed by atoms with van der Waals surface area (Å²) in [5.74, 6) is 0.717. The molecule has 5 heteroatoms. The highest BCUT2D eigenvalue weighted by molar-refractivity contribution is 6.30. The monoisotopic (exact) mass is 371 g/mol. The van der Waals surface area contributed by atoms with E-state index in [1.54, 1.807) is 0 Å². The van der Waals surface area contributed by atoms with E-state index in [1.165, 1.54) is 0 Å². The molecular formula is C21H26ClN3O. The molecule has 0 saturated heterocycles. The van der Waals surface area contributed by atoms with Crippen LogP contribution < -0.4 is 4.74 Å². The number of hydrogen-bond acceptors (Lipinski definition) is 3. The number of ether oxygens (including phenoxy) is 1. The summed E-state index contributed by atoms with van der Waals surface area (Å²) in [6, 6.07) is 16.1. The Balaban J connectivity index is 1.71. The molecule has 1 aromatic heterocycles. The molecule has 0 N–H and O–H groups in total. The van der Waals surface area contributed by atoms with Gasteiger partial charge in [0.2, 0.25) is 5.88 Å². The third-order valence-electron chi connectivity index (χ3n) is 4.62. The number of benzene rings is 2. The average molecular weight is 372 g/mol. The van der Waals surface area contributed by atoms with Gasteiger partial charge in [0.1, 0.15) is 0 Å². The van der Waals surface area contributed by atoms with Gasteiger partial charge in [-0.25, -0.2) is 0 Å². The van der Waals surface area contributed by atoms with Crippen LogP contribution >= 0.6 is 11.6 Å². The molecule has 0 aliphatic rings. The molecule has 4 nitrogen and oxygen atoms in total. The molecule has 0 radical (unpaired) electrons. The Morgan fingerprint density at radius 2 is 1.77 bits per heavy atom. The van der Waals surface area contributed by atoms with Crippen molar-refractivity contribution < 1.29 is 4.74 Å². The van der Waals surface area contributed by atoms with Gasteiger partial charge in [0.25, 0.3) is 0 Å². The Labute approximate surface area is 160 Å². The molecule has 2 aromatic carbocycles. The highest BCUT2D eigenvalue weighted by atomic mass is 35.5. The highest BCUT2D eigenvalue weighted by Gasteiger charge is 2.11. The number of aromatic nitrogens is 2. The van der Waals surface area contributed by atoms with Crippen LogP contribution in [-0.4, -0.2) is 40.9 Å². The predicted molar refractivity (Wildman–Crippen MR) is 108 cm³/mol. The van der Waals surface area contributed by atoms with Crippen LogP contribution in [0.4, 0.5) is 0 Å². The van der Waals surface area contributed by atoms with Gasteiger partial charge in [0.15, 0.2) is 0 Å². The number of halogens is 1. The normalized spacial score (nSPS) is 11.4. The molecule has 3 aromatic rings. The summed E-state index contributed by atoms with van der Waals surface area (Å²) in [6.45, 7) is 8.96. The van der Waals surface area contributed by atoms with Crippen LogP contribution in [0.5, 0.6) is 5.88 Å². The van der Waals surface area contributed by atoms with Crippen molar-refractivity contribution in [2.24, 2.45) is 0 Å². The lowest BCUT2D eigenvalue weighted by atomic mass is 10.2. The van der Waals surface area contributed by atoms with Crippen molar-refractivity contribution in [2.75, 3.05) is 26.2 Å². The number of para-hydroxylation sites is 1. The molecule has 138 valence electrons. The zero-order chi connectivity index (χ0) is 18.4. The Morgan fingerprint density at radius 3 is 2.50 bits per heavy atom. The fraction of sp³-hybridized carbons (Fsp3) is 0.381. The van der Waals surface area contributed by atoms with Crippen LogP contribution in [-0.2, 0) is 6.54 Å². The van der Waals surface area contributed by atoms with Crippen molar-refractivity contribution in [3.05, 3.63) is 59.1 Å². The summed E-state index contributed by atoms with van der Waals surface area (Å²) in [5.41, 5.74) is 2.25. The minimum absolute atomic E-state index is 0.679. The zero-order valence-electron chi connectivity index (χ0n) is 15.5. The lowest BCUT2D eigenvalue weighted by Crippen LogP contribution is -2.25. The van der Waals surface area contributed by atoms with E-state index in [2.05, 4.69) is 30.9 Å². The van der Waals surface area contributed by atoms with E-state index in [9.17, 15) is 0 Å². The van der Waals surface area contributed by atoms with Crippen molar-refractivity contribution in [3.63, 3.8) is 0 Å². The quantitative estimate of drug-likeness (QED) is 0.504. The third kappa shape index (κ3) is 4.57. The second-order valence-electron chi connectivity index (χ2n) is 6.34. The maximum Gasteiger partial charge on any atom is 0.240 e. The topological polar surface area (TPSA) is 30.3 Å². The maximum atomic E-state index is 6.02. The van der Waals surface area contributed by atoms with Gasteiger partial charge < -0.3 is 9.64 Å². The molecule has 1 heterocycles. The van der Waals surface area contributed by atoms with Gasteiger partial charge in [0.05, 0.1) is 24.1 Å². The number of hydrogen-bond donors (Lipinski definition) is 0. The molecule has 0 bridgehead atoms. The first kappa shape index (κ1) is 18.7. The molecule has 0 unspecified atom stereocenters. The molecule has 0 saturated carbocycles. The van der Waals surface area contributed by atoms with Crippen molar-refractivity contribution in [1.29, 1.82) is 0 Å². The molecule has 26 heavy (non-hydrogen) atoms. The van der Waals surface area contributed by atoms with Crippen LogP contribution in [0.25, 0.3) is 10.9 Å². The van der Waals surface area contributed by atoms with E-state index in [1.807, 2.05) is 41.1 Å². The Morgan fingerprint density at radius 1 is 1.04 bits per heavy atom. The van der Waals surface area contributed by atoms with Gasteiger partial charge in [-0.1, -0.05) is 49.7 Å². The van der Waals surface area contributed by atoms with E-state index in [0.717, 1.165) is 47.5 Å². The first-order valence-corrected chi connectivity index (χ1v) is 9.64. The number of fused-ring (bicyclic) bond motifs is 1. The summed E-state index contributed by atoms with van der Waals surface area (Å²) >= 11 is 5.98. The van der Waals surface area contributed by atoms with Crippen LogP contribution in [0, 0.1) is 0 Å². The van der Waals surface area contributed by atoms with Crippen molar-refractivity contribution in [2.45, 2.75) is 26.8 Å². The largest absolute Gasteiger partial charge is 0.476 e. The maximum absolute atomic E-state index is 6.02. The van der Waals surface area contributed by atoms with E-state index in [0.29, 0.717) is 19.0 Å². The summed E-state index contributed by atoms with van der Waals surface area (Å²) < 4.78 is 8.01. The minimum Gasteiger partial charge on any atom is -0.476 e. The first-order chi connectivity index (χ1) is 12.7. The molecular weight excluding hydrogens is 346 g/mol. The van der Waals surface area contributed by atoms with Crippen molar-refractivity contribution in [3.8, 4) is 5.88 Å². The fourth-order valence-electron chi connectivity index (χ4n) is 3.08. The van der Waals surface area contributed by atoms with Crippen LogP contribution in [0.2, 0.25) is 5.02 Å². The SMILES string of the molecule is CCN(CC)CCCOc1nn(Cc2ccc(Cl)cc2)c2ccccc12. The molecule has 0 amide bonds. The summed E-state index contributed by atoms with van der Waals surface area (Å²) in [7, 11) is 0. The molecule has 0 atom stereocenters. The summed E-state index contributed by atoms with van der Waals surface area (Å²) in [5, 5.41) is 6.52. The Kier molecular flexibility index (Phi) is 6.53. The molecule has 0 aliphatic carbocycles. The molecule has 0 fully saturated rings. The van der Waals surface area contributed by atoms with Gasteiger partial charge in [-0.3, -0.25) is 4.68 Å². The van der Waals surface area contributed by atoms with E-state index < -0.39 is 0 Å². The van der Waals surface area contributed by atoms with Crippen LogP contribution in [0.1, 0.15) is 25.8 Å². The van der Waals surface area contributed by atoms with Crippen LogP contribution in [0.15, 0.2) is 48.5 Å². The predicted octanol–water partition coefficient (Wildman–Crippen LogP) is 4.85. The van der Waals surface area contributed by atoms with Gasteiger partial charge in [-0.15, -0.1) is 5.10 Å². The average Bonchev–Trinajstić information content (AvgIpc) is 3.02. The lowest BCUT2D eigenvalue weighted by Gasteiger charge is -2.17. The van der Waals surface area contributed by atoms with Gasteiger partial charge >= 0.3 is 0 Å².